The van der Waals surface area contributed by atoms with Crippen LogP contribution in [-0.2, 0) is 10.2 Å². The molecule has 0 radical (unpaired) electrons. The number of aryl methyl sites for hydroxylation is 1. The fourth-order valence-corrected chi connectivity index (χ4v) is 2.62. The molecule has 0 atom stereocenters. The summed E-state index contributed by atoms with van der Waals surface area (Å²) in [4.78, 5) is 3.37. The van der Waals surface area contributed by atoms with Gasteiger partial charge in [0, 0.05) is 16.6 Å². The van der Waals surface area contributed by atoms with Gasteiger partial charge in [0.1, 0.15) is 0 Å². The Kier molecular flexibility index (Phi) is 2.06. The fourth-order valence-electron chi connectivity index (χ4n) is 2.62. The summed E-state index contributed by atoms with van der Waals surface area (Å²) in [7, 11) is 0. The largest absolute Gasteiger partial charge is 0.395 e. The maximum atomic E-state index is 9.60. The quantitative estimate of drug-likeness (QED) is 0.804. The number of aromatic amines is 1. The van der Waals surface area contributed by atoms with E-state index in [0.717, 1.165) is 11.2 Å². The predicted molar refractivity (Wildman–Crippen MR) is 62.6 cm³/mol. The van der Waals surface area contributed by atoms with Crippen molar-refractivity contribution in [2.24, 2.45) is 0 Å². The third-order valence-corrected chi connectivity index (χ3v) is 3.48. The second kappa shape index (κ2) is 3.34. The highest BCUT2D eigenvalue weighted by Gasteiger charge is 2.42. The van der Waals surface area contributed by atoms with E-state index >= 15 is 0 Å². The van der Waals surface area contributed by atoms with E-state index in [1.54, 1.807) is 0 Å². The molecule has 2 heterocycles. The standard InChI is InChI=1S/C13H15NO2/c1-9-12(13(6-15)7-16-8-13)10-4-2-3-5-11(10)14-9/h2-5,14-15H,6-8H2,1H3. The minimum Gasteiger partial charge on any atom is -0.395 e. The first kappa shape index (κ1) is 9.87. The summed E-state index contributed by atoms with van der Waals surface area (Å²) >= 11 is 0. The number of ether oxygens (including phenoxy) is 1. The van der Waals surface area contributed by atoms with Crippen LogP contribution in [0.15, 0.2) is 24.3 Å². The topological polar surface area (TPSA) is 45.2 Å². The van der Waals surface area contributed by atoms with E-state index in [-0.39, 0.29) is 12.0 Å². The number of H-pyrrole nitrogens is 1. The summed E-state index contributed by atoms with van der Waals surface area (Å²) in [5.41, 5.74) is 3.30. The molecule has 0 bridgehead atoms. The van der Waals surface area contributed by atoms with Crippen LogP contribution < -0.4 is 0 Å². The van der Waals surface area contributed by atoms with E-state index in [4.69, 9.17) is 4.74 Å². The lowest BCUT2D eigenvalue weighted by molar-refractivity contribution is -0.0837. The van der Waals surface area contributed by atoms with Gasteiger partial charge in [-0.15, -0.1) is 0 Å². The van der Waals surface area contributed by atoms with Gasteiger partial charge in [0.15, 0.2) is 0 Å². The molecule has 3 nitrogen and oxygen atoms in total. The van der Waals surface area contributed by atoms with Crippen molar-refractivity contribution < 1.29 is 9.84 Å². The Balaban J connectivity index is 2.26. The van der Waals surface area contributed by atoms with E-state index in [9.17, 15) is 5.11 Å². The van der Waals surface area contributed by atoms with Crippen molar-refractivity contribution in [1.82, 2.24) is 4.98 Å². The molecule has 0 amide bonds. The zero-order valence-electron chi connectivity index (χ0n) is 9.29. The summed E-state index contributed by atoms with van der Waals surface area (Å²) < 4.78 is 5.28. The fraction of sp³-hybridized carbons (Fsp3) is 0.385. The van der Waals surface area contributed by atoms with Crippen molar-refractivity contribution in [3.05, 3.63) is 35.5 Å². The normalized spacial score (nSPS) is 18.6. The number of nitrogens with one attached hydrogen (secondary N) is 1. The molecule has 1 fully saturated rings. The molecule has 84 valence electrons. The lowest BCUT2D eigenvalue weighted by Crippen LogP contribution is -2.50. The van der Waals surface area contributed by atoms with Crippen LogP contribution >= 0.6 is 0 Å². The number of hydrogen-bond donors (Lipinski definition) is 2. The first-order valence-electron chi connectivity index (χ1n) is 5.53. The molecule has 2 aromatic rings. The van der Waals surface area contributed by atoms with Crippen molar-refractivity contribution >= 4 is 10.9 Å². The van der Waals surface area contributed by atoms with Gasteiger partial charge in [-0.25, -0.2) is 0 Å². The van der Waals surface area contributed by atoms with E-state index in [1.165, 1.54) is 10.9 Å². The predicted octanol–water partition coefficient (Wildman–Crippen LogP) is 1.74. The Morgan fingerprint density at radius 2 is 2.12 bits per heavy atom. The van der Waals surface area contributed by atoms with Crippen LogP contribution in [0.2, 0.25) is 0 Å². The van der Waals surface area contributed by atoms with Crippen LogP contribution in [0.3, 0.4) is 0 Å². The average Bonchev–Trinajstić information content (AvgIpc) is 2.56. The first-order chi connectivity index (χ1) is 7.77. The number of rotatable bonds is 2. The van der Waals surface area contributed by atoms with Crippen molar-refractivity contribution in [3.8, 4) is 0 Å². The smallest absolute Gasteiger partial charge is 0.0674 e. The average molecular weight is 217 g/mol. The summed E-state index contributed by atoms with van der Waals surface area (Å²) in [6.45, 7) is 3.44. The highest BCUT2D eigenvalue weighted by molar-refractivity contribution is 5.86. The SMILES string of the molecule is Cc1[nH]c2ccccc2c1C1(CO)COC1. The lowest BCUT2D eigenvalue weighted by Gasteiger charge is -2.40. The minimum atomic E-state index is -0.191. The Hall–Kier alpha value is -1.32. The summed E-state index contributed by atoms with van der Waals surface area (Å²) in [6.07, 6.45) is 0. The molecule has 1 aliphatic rings. The Morgan fingerprint density at radius 3 is 2.75 bits per heavy atom. The highest BCUT2D eigenvalue weighted by Crippen LogP contribution is 2.38. The third-order valence-electron chi connectivity index (χ3n) is 3.48. The molecular formula is C13H15NO2. The minimum absolute atomic E-state index is 0.148. The van der Waals surface area contributed by atoms with Crippen LogP contribution in [0.4, 0.5) is 0 Å². The molecule has 1 saturated heterocycles. The summed E-state index contributed by atoms with van der Waals surface area (Å²) in [5, 5.41) is 10.8. The second-order valence-electron chi connectivity index (χ2n) is 4.60. The molecule has 1 aromatic heterocycles. The van der Waals surface area contributed by atoms with E-state index in [1.807, 2.05) is 12.1 Å². The van der Waals surface area contributed by atoms with E-state index in [0.29, 0.717) is 13.2 Å². The number of aliphatic hydroxyl groups excluding tert-OH is 1. The summed E-state index contributed by atoms with van der Waals surface area (Å²) in [6, 6.07) is 8.22. The molecule has 0 spiro atoms. The molecule has 0 saturated carbocycles. The maximum absolute atomic E-state index is 9.60. The van der Waals surface area contributed by atoms with Crippen LogP contribution in [0.5, 0.6) is 0 Å². The number of hydrogen-bond acceptors (Lipinski definition) is 2. The third kappa shape index (κ3) is 1.16. The number of aliphatic hydroxyl groups is 1. The van der Waals surface area contributed by atoms with Gasteiger partial charge in [-0.2, -0.15) is 0 Å². The van der Waals surface area contributed by atoms with Crippen molar-refractivity contribution in [2.45, 2.75) is 12.3 Å². The Labute approximate surface area is 94.0 Å². The Bertz CT molecular complexity index is 520. The van der Waals surface area contributed by atoms with Gasteiger partial charge < -0.3 is 14.8 Å². The van der Waals surface area contributed by atoms with Gasteiger partial charge in [0.2, 0.25) is 0 Å². The Morgan fingerprint density at radius 1 is 1.38 bits per heavy atom. The van der Waals surface area contributed by atoms with Crippen molar-refractivity contribution in [2.75, 3.05) is 19.8 Å². The number of aromatic nitrogens is 1. The van der Waals surface area contributed by atoms with Crippen molar-refractivity contribution in [3.63, 3.8) is 0 Å². The van der Waals surface area contributed by atoms with E-state index in [2.05, 4.69) is 24.0 Å². The number of para-hydroxylation sites is 1. The van der Waals surface area contributed by atoms with Gasteiger partial charge in [0.25, 0.3) is 0 Å². The van der Waals surface area contributed by atoms with Crippen molar-refractivity contribution in [1.29, 1.82) is 0 Å². The zero-order valence-corrected chi connectivity index (χ0v) is 9.29. The van der Waals surface area contributed by atoms with Gasteiger partial charge >= 0.3 is 0 Å². The maximum Gasteiger partial charge on any atom is 0.0674 e. The molecular weight excluding hydrogens is 202 g/mol. The monoisotopic (exact) mass is 217 g/mol. The molecule has 0 unspecified atom stereocenters. The van der Waals surface area contributed by atoms with Gasteiger partial charge in [-0.1, -0.05) is 18.2 Å². The molecule has 16 heavy (non-hydrogen) atoms. The highest BCUT2D eigenvalue weighted by atomic mass is 16.5. The molecule has 0 aliphatic carbocycles. The van der Waals surface area contributed by atoms with Crippen LogP contribution in [-0.4, -0.2) is 29.9 Å². The van der Waals surface area contributed by atoms with Crippen LogP contribution in [0, 0.1) is 6.92 Å². The molecule has 1 aliphatic heterocycles. The second-order valence-corrected chi connectivity index (χ2v) is 4.60. The molecule has 3 heteroatoms. The van der Waals surface area contributed by atoms with Gasteiger partial charge in [-0.3, -0.25) is 0 Å². The van der Waals surface area contributed by atoms with Gasteiger partial charge in [-0.05, 0) is 18.6 Å². The zero-order chi connectivity index (χ0) is 11.2. The number of fused-ring (bicyclic) bond motifs is 1. The first-order valence-corrected chi connectivity index (χ1v) is 5.53. The van der Waals surface area contributed by atoms with E-state index < -0.39 is 0 Å². The number of benzene rings is 1. The molecule has 1 aromatic carbocycles. The summed E-state index contributed by atoms with van der Waals surface area (Å²) in [5.74, 6) is 0. The van der Waals surface area contributed by atoms with Crippen LogP contribution in [0.1, 0.15) is 11.3 Å². The lowest BCUT2D eigenvalue weighted by atomic mass is 9.78. The van der Waals surface area contributed by atoms with Gasteiger partial charge in [0.05, 0.1) is 25.2 Å². The molecule has 2 N–H and O–H groups in total. The van der Waals surface area contributed by atoms with Crippen LogP contribution in [0.25, 0.3) is 10.9 Å². The molecule has 3 rings (SSSR count).